The lowest BCUT2D eigenvalue weighted by Crippen LogP contribution is -2.36. The molecule has 1 aliphatic rings. The van der Waals surface area contributed by atoms with Gasteiger partial charge in [-0.05, 0) is 13.3 Å². The van der Waals surface area contributed by atoms with E-state index in [0.29, 0.717) is 6.54 Å². The number of amides is 1. The second-order valence-electron chi connectivity index (χ2n) is 4.44. The maximum Gasteiger partial charge on any atom is 0.234 e. The average molecular weight is 249 g/mol. The lowest BCUT2D eigenvalue weighted by atomic mass is 10.3. The highest BCUT2D eigenvalue weighted by Gasteiger charge is 2.21. The summed E-state index contributed by atoms with van der Waals surface area (Å²) < 4.78 is 2.10. The molecular formula is C12H19N5O. The fourth-order valence-electron chi connectivity index (χ4n) is 2.14. The smallest absolute Gasteiger partial charge is 0.234 e. The number of rotatable bonds is 6. The van der Waals surface area contributed by atoms with Crippen LogP contribution >= 0.6 is 0 Å². The molecule has 0 saturated carbocycles. The molecular weight excluding hydrogens is 230 g/mol. The SMILES string of the molecule is C=CCNCC(=O)NC(C)c1nnc2n1CCC2. The summed E-state index contributed by atoms with van der Waals surface area (Å²) >= 11 is 0. The van der Waals surface area contributed by atoms with Gasteiger partial charge >= 0.3 is 0 Å². The van der Waals surface area contributed by atoms with Crippen molar-refractivity contribution in [3.63, 3.8) is 0 Å². The van der Waals surface area contributed by atoms with Crippen molar-refractivity contribution in [3.05, 3.63) is 24.3 Å². The van der Waals surface area contributed by atoms with Crippen LogP contribution in [0.1, 0.15) is 31.0 Å². The molecule has 0 aliphatic carbocycles. The predicted molar refractivity (Wildman–Crippen MR) is 68.0 cm³/mol. The van der Waals surface area contributed by atoms with Crippen LogP contribution in [0.25, 0.3) is 0 Å². The highest BCUT2D eigenvalue weighted by Crippen LogP contribution is 2.18. The van der Waals surface area contributed by atoms with Crippen molar-refractivity contribution < 1.29 is 4.79 Å². The Morgan fingerprint density at radius 2 is 2.44 bits per heavy atom. The summed E-state index contributed by atoms with van der Waals surface area (Å²) in [6, 6.07) is -0.109. The Morgan fingerprint density at radius 3 is 3.22 bits per heavy atom. The molecule has 0 bridgehead atoms. The quantitative estimate of drug-likeness (QED) is 0.557. The number of hydrogen-bond acceptors (Lipinski definition) is 4. The summed E-state index contributed by atoms with van der Waals surface area (Å²) in [6.07, 6.45) is 3.82. The van der Waals surface area contributed by atoms with Gasteiger partial charge in [0.05, 0.1) is 12.6 Å². The van der Waals surface area contributed by atoms with E-state index in [1.165, 1.54) is 0 Å². The molecule has 1 aromatic heterocycles. The second kappa shape index (κ2) is 5.77. The van der Waals surface area contributed by atoms with E-state index in [4.69, 9.17) is 0 Å². The lowest BCUT2D eigenvalue weighted by molar-refractivity contribution is -0.120. The van der Waals surface area contributed by atoms with Gasteiger partial charge in [-0.15, -0.1) is 16.8 Å². The van der Waals surface area contributed by atoms with Crippen LogP contribution in [0.2, 0.25) is 0 Å². The Bertz CT molecular complexity index is 440. The zero-order chi connectivity index (χ0) is 13.0. The van der Waals surface area contributed by atoms with Gasteiger partial charge in [-0.2, -0.15) is 0 Å². The van der Waals surface area contributed by atoms with E-state index >= 15 is 0 Å². The number of aryl methyl sites for hydroxylation is 1. The van der Waals surface area contributed by atoms with Crippen LogP contribution < -0.4 is 10.6 Å². The molecule has 6 heteroatoms. The number of aromatic nitrogens is 3. The highest BCUT2D eigenvalue weighted by atomic mass is 16.2. The third kappa shape index (κ3) is 2.76. The molecule has 98 valence electrons. The van der Waals surface area contributed by atoms with Crippen LogP contribution in [0, 0.1) is 0 Å². The summed E-state index contributed by atoms with van der Waals surface area (Å²) in [4.78, 5) is 11.7. The first kappa shape index (κ1) is 12.8. The van der Waals surface area contributed by atoms with E-state index in [2.05, 4.69) is 32.0 Å². The maximum absolute atomic E-state index is 11.7. The van der Waals surface area contributed by atoms with E-state index in [9.17, 15) is 4.79 Å². The number of nitrogens with one attached hydrogen (secondary N) is 2. The fourth-order valence-corrected chi connectivity index (χ4v) is 2.14. The van der Waals surface area contributed by atoms with E-state index in [-0.39, 0.29) is 18.5 Å². The van der Waals surface area contributed by atoms with Crippen molar-refractivity contribution in [3.8, 4) is 0 Å². The van der Waals surface area contributed by atoms with Crippen LogP contribution in [-0.4, -0.2) is 33.8 Å². The Morgan fingerprint density at radius 1 is 1.61 bits per heavy atom. The molecule has 2 rings (SSSR count). The summed E-state index contributed by atoms with van der Waals surface area (Å²) in [5.41, 5.74) is 0. The van der Waals surface area contributed by atoms with Gasteiger partial charge in [-0.1, -0.05) is 6.08 Å². The number of fused-ring (bicyclic) bond motifs is 1. The highest BCUT2D eigenvalue weighted by molar-refractivity contribution is 5.78. The predicted octanol–water partition coefficient (Wildman–Crippen LogP) is 0.177. The van der Waals surface area contributed by atoms with Crippen molar-refractivity contribution in [2.75, 3.05) is 13.1 Å². The standard InChI is InChI=1S/C12H19N5O/c1-3-6-13-8-11(18)14-9(2)12-16-15-10-5-4-7-17(10)12/h3,9,13H,1,4-8H2,2H3,(H,14,18). The molecule has 0 fully saturated rings. The molecule has 2 heterocycles. The zero-order valence-corrected chi connectivity index (χ0v) is 10.6. The van der Waals surface area contributed by atoms with Crippen LogP contribution in [0.15, 0.2) is 12.7 Å². The molecule has 1 unspecified atom stereocenters. The molecule has 1 aliphatic heterocycles. The lowest BCUT2D eigenvalue weighted by Gasteiger charge is -2.13. The molecule has 18 heavy (non-hydrogen) atoms. The molecule has 6 nitrogen and oxygen atoms in total. The van der Waals surface area contributed by atoms with Gasteiger partial charge in [-0.25, -0.2) is 0 Å². The third-order valence-corrected chi connectivity index (χ3v) is 2.98. The van der Waals surface area contributed by atoms with E-state index in [1.807, 2.05) is 6.92 Å². The number of nitrogens with zero attached hydrogens (tertiary/aromatic N) is 3. The molecule has 2 N–H and O–H groups in total. The van der Waals surface area contributed by atoms with Gasteiger partial charge in [0.15, 0.2) is 5.82 Å². The second-order valence-corrected chi connectivity index (χ2v) is 4.44. The molecule has 0 saturated heterocycles. The first-order chi connectivity index (χ1) is 8.72. The molecule has 0 aromatic carbocycles. The van der Waals surface area contributed by atoms with Crippen molar-refractivity contribution in [1.29, 1.82) is 0 Å². The van der Waals surface area contributed by atoms with Crippen LogP contribution in [0.3, 0.4) is 0 Å². The largest absolute Gasteiger partial charge is 0.345 e. The van der Waals surface area contributed by atoms with Crippen molar-refractivity contribution in [2.45, 2.75) is 32.4 Å². The number of hydrogen-bond donors (Lipinski definition) is 2. The Hall–Kier alpha value is -1.69. The first-order valence-corrected chi connectivity index (χ1v) is 6.25. The molecule has 1 atom stereocenters. The van der Waals surface area contributed by atoms with Gasteiger partial charge in [-0.3, -0.25) is 4.79 Å². The third-order valence-electron chi connectivity index (χ3n) is 2.98. The van der Waals surface area contributed by atoms with Crippen LogP contribution in [0.4, 0.5) is 0 Å². The van der Waals surface area contributed by atoms with Gasteiger partial charge in [0.2, 0.25) is 5.91 Å². The maximum atomic E-state index is 11.7. The average Bonchev–Trinajstić information content (AvgIpc) is 2.90. The Kier molecular flexibility index (Phi) is 4.09. The van der Waals surface area contributed by atoms with Gasteiger partial charge in [0.1, 0.15) is 5.82 Å². The minimum atomic E-state index is -0.109. The topological polar surface area (TPSA) is 71.8 Å². The Balaban J connectivity index is 1.89. The Labute approximate surface area is 106 Å². The van der Waals surface area contributed by atoms with E-state index in [0.717, 1.165) is 31.0 Å². The van der Waals surface area contributed by atoms with E-state index in [1.54, 1.807) is 6.08 Å². The summed E-state index contributed by atoms with van der Waals surface area (Å²) in [6.45, 7) is 7.38. The van der Waals surface area contributed by atoms with Crippen molar-refractivity contribution in [1.82, 2.24) is 25.4 Å². The van der Waals surface area contributed by atoms with Crippen molar-refractivity contribution >= 4 is 5.91 Å². The minimum absolute atomic E-state index is 0.0419. The molecule has 0 spiro atoms. The first-order valence-electron chi connectivity index (χ1n) is 6.25. The van der Waals surface area contributed by atoms with Gasteiger partial charge in [0.25, 0.3) is 0 Å². The summed E-state index contributed by atoms with van der Waals surface area (Å²) in [5, 5.41) is 14.2. The van der Waals surface area contributed by atoms with Crippen LogP contribution in [0.5, 0.6) is 0 Å². The minimum Gasteiger partial charge on any atom is -0.345 e. The summed E-state index contributed by atoms with van der Waals surface area (Å²) in [7, 11) is 0. The fraction of sp³-hybridized carbons (Fsp3) is 0.583. The van der Waals surface area contributed by atoms with Gasteiger partial charge < -0.3 is 15.2 Å². The molecule has 1 aromatic rings. The zero-order valence-electron chi connectivity index (χ0n) is 10.6. The van der Waals surface area contributed by atoms with E-state index < -0.39 is 0 Å². The number of carbonyl (C=O) groups excluding carboxylic acids is 1. The molecule has 1 amide bonds. The van der Waals surface area contributed by atoms with Crippen molar-refractivity contribution in [2.24, 2.45) is 0 Å². The van der Waals surface area contributed by atoms with Gasteiger partial charge in [0, 0.05) is 19.5 Å². The normalized spacial score (nSPS) is 15.2. The monoisotopic (exact) mass is 249 g/mol. The summed E-state index contributed by atoms with van der Waals surface area (Å²) in [5.74, 6) is 1.83. The van der Waals surface area contributed by atoms with Crippen LogP contribution in [-0.2, 0) is 17.8 Å². The molecule has 0 radical (unpaired) electrons. The number of carbonyl (C=O) groups is 1.